The quantitative estimate of drug-likeness (QED) is 0.709. The first-order valence-electron chi connectivity index (χ1n) is 5.77. The van der Waals surface area contributed by atoms with Gasteiger partial charge in [0.2, 0.25) is 5.91 Å². The highest BCUT2D eigenvalue weighted by Crippen LogP contribution is 2.29. The summed E-state index contributed by atoms with van der Waals surface area (Å²) in [7, 11) is 0. The van der Waals surface area contributed by atoms with Crippen LogP contribution in [0.2, 0.25) is 0 Å². The smallest absolute Gasteiger partial charge is 0.230 e. The molecule has 0 spiro atoms. The van der Waals surface area contributed by atoms with E-state index in [9.17, 15) is 9.90 Å². The van der Waals surface area contributed by atoms with Crippen LogP contribution in [0.4, 0.5) is 0 Å². The van der Waals surface area contributed by atoms with Crippen molar-refractivity contribution in [2.45, 2.75) is 39.2 Å². The topological polar surface area (TPSA) is 66.6 Å². The average molecular weight is 214 g/mol. The lowest BCUT2D eigenvalue weighted by Gasteiger charge is -2.33. The Labute approximate surface area is 91.4 Å². The highest BCUT2D eigenvalue weighted by Gasteiger charge is 2.38. The molecular formula is C11H22N2O2. The molecule has 0 aromatic heterocycles. The third-order valence-corrected chi connectivity index (χ3v) is 3.65. The molecule has 15 heavy (non-hydrogen) atoms. The number of aliphatic hydroxyl groups is 1. The van der Waals surface area contributed by atoms with Gasteiger partial charge in [-0.1, -0.05) is 13.8 Å². The number of rotatable bonds is 4. The number of likely N-dealkylation sites (tertiary alicyclic amines) is 1. The lowest BCUT2D eigenvalue weighted by molar-refractivity contribution is -0.141. The van der Waals surface area contributed by atoms with E-state index in [1.165, 1.54) is 0 Å². The summed E-state index contributed by atoms with van der Waals surface area (Å²) in [5.41, 5.74) is 5.31. The van der Waals surface area contributed by atoms with Gasteiger partial charge in [0.05, 0.1) is 11.5 Å². The van der Waals surface area contributed by atoms with Gasteiger partial charge in [-0.2, -0.15) is 0 Å². The van der Waals surface area contributed by atoms with Crippen LogP contribution in [0.25, 0.3) is 0 Å². The third kappa shape index (κ3) is 2.32. The second-order valence-corrected chi connectivity index (χ2v) is 4.39. The SMILES string of the molecule is CCC(CC)(CN)C(=O)N1CC[C@@H](O)C1. The van der Waals surface area contributed by atoms with E-state index in [0.29, 0.717) is 26.1 Å². The molecule has 1 aliphatic rings. The Morgan fingerprint density at radius 3 is 2.47 bits per heavy atom. The van der Waals surface area contributed by atoms with Crippen LogP contribution in [0, 0.1) is 5.41 Å². The number of aliphatic hydroxyl groups excluding tert-OH is 1. The number of amides is 1. The lowest BCUT2D eigenvalue weighted by Crippen LogP contribution is -2.47. The minimum absolute atomic E-state index is 0.117. The van der Waals surface area contributed by atoms with Gasteiger partial charge in [0.25, 0.3) is 0 Å². The van der Waals surface area contributed by atoms with Gasteiger partial charge in [-0.25, -0.2) is 0 Å². The minimum Gasteiger partial charge on any atom is -0.391 e. The van der Waals surface area contributed by atoms with E-state index in [1.54, 1.807) is 4.90 Å². The Hall–Kier alpha value is -0.610. The molecule has 1 rings (SSSR count). The Morgan fingerprint density at radius 2 is 2.13 bits per heavy atom. The summed E-state index contributed by atoms with van der Waals surface area (Å²) < 4.78 is 0. The zero-order chi connectivity index (χ0) is 11.5. The number of carbonyl (C=O) groups is 1. The molecule has 1 aliphatic heterocycles. The Morgan fingerprint density at radius 1 is 1.53 bits per heavy atom. The van der Waals surface area contributed by atoms with E-state index in [0.717, 1.165) is 12.8 Å². The van der Waals surface area contributed by atoms with Crippen LogP contribution in [0.3, 0.4) is 0 Å². The van der Waals surface area contributed by atoms with Crippen molar-refractivity contribution in [1.82, 2.24) is 4.90 Å². The first-order chi connectivity index (χ1) is 7.09. The molecule has 0 aromatic rings. The second kappa shape index (κ2) is 4.94. The maximum Gasteiger partial charge on any atom is 0.230 e. The Kier molecular flexibility index (Phi) is 4.11. The normalized spacial score (nSPS) is 22.1. The van der Waals surface area contributed by atoms with E-state index < -0.39 is 5.41 Å². The van der Waals surface area contributed by atoms with E-state index in [1.807, 2.05) is 13.8 Å². The number of nitrogens with zero attached hydrogens (tertiary/aromatic N) is 1. The van der Waals surface area contributed by atoms with Crippen molar-refractivity contribution in [3.63, 3.8) is 0 Å². The van der Waals surface area contributed by atoms with Gasteiger partial charge in [-0.05, 0) is 19.3 Å². The summed E-state index contributed by atoms with van der Waals surface area (Å²) in [6.45, 7) is 5.54. The van der Waals surface area contributed by atoms with Crippen LogP contribution in [-0.4, -0.2) is 41.7 Å². The summed E-state index contributed by atoms with van der Waals surface area (Å²) in [6, 6.07) is 0. The molecule has 0 aromatic carbocycles. The van der Waals surface area contributed by atoms with Gasteiger partial charge in [-0.15, -0.1) is 0 Å². The fourth-order valence-corrected chi connectivity index (χ4v) is 2.19. The number of hydrogen-bond acceptors (Lipinski definition) is 3. The molecule has 4 heteroatoms. The van der Waals surface area contributed by atoms with Crippen molar-refractivity contribution >= 4 is 5.91 Å². The highest BCUT2D eigenvalue weighted by atomic mass is 16.3. The standard InChI is InChI=1S/C11H22N2O2/c1-3-11(4-2,8-12)10(15)13-6-5-9(14)7-13/h9,14H,3-8,12H2,1-2H3/t9-/m1/s1. The zero-order valence-corrected chi connectivity index (χ0v) is 9.70. The highest BCUT2D eigenvalue weighted by molar-refractivity contribution is 5.83. The molecule has 0 bridgehead atoms. The van der Waals surface area contributed by atoms with Crippen molar-refractivity contribution in [3.8, 4) is 0 Å². The fraction of sp³-hybridized carbons (Fsp3) is 0.909. The van der Waals surface area contributed by atoms with Crippen molar-refractivity contribution in [2.75, 3.05) is 19.6 Å². The second-order valence-electron chi connectivity index (χ2n) is 4.39. The molecule has 0 saturated carbocycles. The summed E-state index contributed by atoms with van der Waals surface area (Å²) in [5.74, 6) is 0.117. The molecule has 4 nitrogen and oxygen atoms in total. The van der Waals surface area contributed by atoms with E-state index in [4.69, 9.17) is 5.73 Å². The van der Waals surface area contributed by atoms with Crippen molar-refractivity contribution in [1.29, 1.82) is 0 Å². The predicted octanol–water partition coefficient (Wildman–Crippen LogP) is 0.345. The molecule has 1 saturated heterocycles. The van der Waals surface area contributed by atoms with Gasteiger partial charge in [0, 0.05) is 19.6 Å². The first-order valence-corrected chi connectivity index (χ1v) is 5.77. The van der Waals surface area contributed by atoms with Crippen LogP contribution in [0.5, 0.6) is 0 Å². The van der Waals surface area contributed by atoms with Gasteiger partial charge in [0.15, 0.2) is 0 Å². The molecule has 0 aliphatic carbocycles. The molecule has 0 radical (unpaired) electrons. The monoisotopic (exact) mass is 214 g/mol. The van der Waals surface area contributed by atoms with Gasteiger partial charge in [0.1, 0.15) is 0 Å². The van der Waals surface area contributed by atoms with E-state index in [-0.39, 0.29) is 12.0 Å². The summed E-state index contributed by atoms with van der Waals surface area (Å²) in [6.07, 6.45) is 1.88. The summed E-state index contributed by atoms with van der Waals surface area (Å²) >= 11 is 0. The van der Waals surface area contributed by atoms with Gasteiger partial charge < -0.3 is 15.7 Å². The van der Waals surface area contributed by atoms with Crippen molar-refractivity contribution < 1.29 is 9.90 Å². The number of carbonyl (C=O) groups excluding carboxylic acids is 1. The van der Waals surface area contributed by atoms with Crippen LogP contribution in [-0.2, 0) is 4.79 Å². The molecule has 1 fully saturated rings. The maximum absolute atomic E-state index is 12.2. The summed E-state index contributed by atoms with van der Waals surface area (Å²) in [5, 5.41) is 9.41. The third-order valence-electron chi connectivity index (χ3n) is 3.65. The molecule has 1 heterocycles. The fourth-order valence-electron chi connectivity index (χ4n) is 2.19. The maximum atomic E-state index is 12.2. The Balaban J connectivity index is 2.72. The van der Waals surface area contributed by atoms with Gasteiger partial charge >= 0.3 is 0 Å². The number of hydrogen-bond donors (Lipinski definition) is 2. The van der Waals surface area contributed by atoms with Crippen LogP contribution >= 0.6 is 0 Å². The zero-order valence-electron chi connectivity index (χ0n) is 9.70. The van der Waals surface area contributed by atoms with E-state index >= 15 is 0 Å². The number of nitrogens with two attached hydrogens (primary N) is 1. The van der Waals surface area contributed by atoms with Gasteiger partial charge in [-0.3, -0.25) is 4.79 Å². The van der Waals surface area contributed by atoms with Crippen LogP contribution in [0.1, 0.15) is 33.1 Å². The predicted molar refractivity (Wildman–Crippen MR) is 59.3 cm³/mol. The molecule has 0 unspecified atom stereocenters. The molecule has 1 amide bonds. The number of β-amino-alcohol motifs (C(OH)–C–C–N with tert-alkyl or cyclic N) is 1. The molecule has 1 atom stereocenters. The Bertz CT molecular complexity index is 218. The minimum atomic E-state index is -0.413. The summed E-state index contributed by atoms with van der Waals surface area (Å²) in [4.78, 5) is 14.0. The first kappa shape index (κ1) is 12.5. The largest absolute Gasteiger partial charge is 0.391 e. The van der Waals surface area contributed by atoms with Crippen molar-refractivity contribution in [2.24, 2.45) is 11.1 Å². The molecule has 88 valence electrons. The van der Waals surface area contributed by atoms with Crippen LogP contribution < -0.4 is 5.73 Å². The average Bonchev–Trinajstić information content (AvgIpc) is 2.68. The van der Waals surface area contributed by atoms with Crippen LogP contribution in [0.15, 0.2) is 0 Å². The lowest BCUT2D eigenvalue weighted by atomic mass is 9.81. The molecular weight excluding hydrogens is 192 g/mol. The van der Waals surface area contributed by atoms with E-state index in [2.05, 4.69) is 0 Å². The molecule has 3 N–H and O–H groups in total. The van der Waals surface area contributed by atoms with Crippen molar-refractivity contribution in [3.05, 3.63) is 0 Å².